The minimum Gasteiger partial charge on any atom is -0.346 e. The lowest BCUT2D eigenvalue weighted by molar-refractivity contribution is -0.136. The van der Waals surface area contributed by atoms with E-state index in [2.05, 4.69) is 9.97 Å². The zero-order valence-corrected chi connectivity index (χ0v) is 10.1. The number of fused-ring (bicyclic) bond motifs is 1. The lowest BCUT2D eigenvalue weighted by Crippen LogP contribution is -2.04. The molecule has 98 valence electrons. The van der Waals surface area contributed by atoms with Gasteiger partial charge < -0.3 is 4.98 Å². The van der Waals surface area contributed by atoms with Crippen LogP contribution in [0.3, 0.4) is 0 Å². The van der Waals surface area contributed by atoms with Gasteiger partial charge in [-0.2, -0.15) is 24.5 Å². The molecule has 0 amide bonds. The van der Waals surface area contributed by atoms with E-state index in [1.54, 1.807) is 0 Å². The van der Waals surface area contributed by atoms with E-state index < -0.39 is 17.6 Å². The Hall–Kier alpha value is -1.89. The number of nitrogens with zero attached hydrogens (tertiary/aromatic N) is 1. The Balaban J connectivity index is 2.26. The van der Waals surface area contributed by atoms with E-state index in [4.69, 9.17) is 0 Å². The van der Waals surface area contributed by atoms with Crippen molar-refractivity contribution in [2.75, 3.05) is 0 Å². The SMILES string of the molecule is Fc1cnc2[nH]cc(-c3cscc3C(F)(F)F)c2c1. The number of aromatic nitrogens is 2. The first kappa shape index (κ1) is 12.2. The molecule has 0 radical (unpaired) electrons. The van der Waals surface area contributed by atoms with Gasteiger partial charge in [-0.3, -0.25) is 0 Å². The van der Waals surface area contributed by atoms with E-state index >= 15 is 0 Å². The third-order valence-electron chi connectivity index (χ3n) is 2.76. The highest BCUT2D eigenvalue weighted by atomic mass is 32.1. The van der Waals surface area contributed by atoms with Crippen LogP contribution in [0, 0.1) is 5.82 Å². The number of pyridine rings is 1. The highest BCUT2D eigenvalue weighted by Crippen LogP contribution is 2.41. The standard InChI is InChI=1S/C12H6F4N2S/c13-6-1-7-8(3-18-11(7)17-2-6)9-4-19-5-10(9)12(14,15)16/h1-5H,(H,17,18). The number of hydrogen-bond acceptors (Lipinski definition) is 2. The van der Waals surface area contributed by atoms with Gasteiger partial charge in [0.05, 0.1) is 11.8 Å². The topological polar surface area (TPSA) is 28.7 Å². The first-order valence-corrected chi connectivity index (χ1v) is 6.17. The van der Waals surface area contributed by atoms with Crippen LogP contribution < -0.4 is 0 Å². The molecule has 7 heteroatoms. The van der Waals surface area contributed by atoms with Crippen LogP contribution in [0.25, 0.3) is 22.2 Å². The Bertz CT molecular complexity index is 742. The second-order valence-corrected chi connectivity index (χ2v) is 4.69. The Morgan fingerprint density at radius 3 is 2.68 bits per heavy atom. The van der Waals surface area contributed by atoms with Gasteiger partial charge in [-0.05, 0) is 11.4 Å². The molecule has 1 N–H and O–H groups in total. The van der Waals surface area contributed by atoms with E-state index in [1.807, 2.05) is 0 Å². The fourth-order valence-corrected chi connectivity index (χ4v) is 2.78. The molecule has 0 unspecified atom stereocenters. The summed E-state index contributed by atoms with van der Waals surface area (Å²) in [6, 6.07) is 1.17. The molecule has 0 aromatic carbocycles. The molecule has 0 aliphatic carbocycles. The number of halogens is 4. The molecule has 19 heavy (non-hydrogen) atoms. The maximum absolute atomic E-state index is 13.2. The molecule has 0 bridgehead atoms. The number of thiophene rings is 1. The zero-order chi connectivity index (χ0) is 13.6. The molecule has 2 nitrogen and oxygen atoms in total. The molecule has 0 atom stereocenters. The molecule has 3 rings (SSSR count). The van der Waals surface area contributed by atoms with Gasteiger partial charge in [0.25, 0.3) is 0 Å². The molecular weight excluding hydrogens is 280 g/mol. The van der Waals surface area contributed by atoms with Crippen molar-refractivity contribution in [2.24, 2.45) is 0 Å². The summed E-state index contributed by atoms with van der Waals surface area (Å²) in [5.41, 5.74) is -0.0230. The average Bonchev–Trinajstić information content (AvgIpc) is 2.91. The van der Waals surface area contributed by atoms with Gasteiger partial charge in [-0.25, -0.2) is 9.37 Å². The number of hydrogen-bond donors (Lipinski definition) is 1. The van der Waals surface area contributed by atoms with Crippen molar-refractivity contribution in [1.29, 1.82) is 0 Å². The Labute approximate surface area is 108 Å². The summed E-state index contributed by atoms with van der Waals surface area (Å²) in [5.74, 6) is -0.586. The van der Waals surface area contributed by atoms with Gasteiger partial charge in [0.2, 0.25) is 0 Å². The third kappa shape index (κ3) is 1.99. The number of H-pyrrole nitrogens is 1. The molecule has 0 spiro atoms. The number of alkyl halides is 3. The van der Waals surface area contributed by atoms with E-state index in [0.717, 1.165) is 22.9 Å². The summed E-state index contributed by atoms with van der Waals surface area (Å²) in [4.78, 5) is 6.54. The van der Waals surface area contributed by atoms with Crippen molar-refractivity contribution in [1.82, 2.24) is 9.97 Å². The third-order valence-corrected chi connectivity index (χ3v) is 3.50. The summed E-state index contributed by atoms with van der Waals surface area (Å²) in [6.45, 7) is 0. The Morgan fingerprint density at radius 1 is 1.16 bits per heavy atom. The van der Waals surface area contributed by atoms with Gasteiger partial charge in [-0.15, -0.1) is 0 Å². The maximum atomic E-state index is 13.2. The van der Waals surface area contributed by atoms with Crippen LogP contribution in [0.5, 0.6) is 0 Å². The van der Waals surface area contributed by atoms with Crippen LogP contribution in [0.1, 0.15) is 5.56 Å². The summed E-state index contributed by atoms with van der Waals surface area (Å²) >= 11 is 0.956. The van der Waals surface area contributed by atoms with Crippen LogP contribution in [0.2, 0.25) is 0 Å². The second kappa shape index (κ2) is 4.06. The fraction of sp³-hybridized carbons (Fsp3) is 0.0833. The molecule has 3 heterocycles. The minimum atomic E-state index is -4.43. The average molecular weight is 286 g/mol. The molecule has 0 aliphatic rings. The summed E-state index contributed by atoms with van der Waals surface area (Å²) in [7, 11) is 0. The van der Waals surface area contributed by atoms with E-state index in [-0.39, 0.29) is 5.56 Å². The van der Waals surface area contributed by atoms with Gasteiger partial charge >= 0.3 is 6.18 Å². The van der Waals surface area contributed by atoms with Gasteiger partial charge in [-0.1, -0.05) is 0 Å². The van der Waals surface area contributed by atoms with Crippen molar-refractivity contribution in [3.05, 3.63) is 40.6 Å². The molecule has 0 aliphatic heterocycles. The smallest absolute Gasteiger partial charge is 0.346 e. The molecule has 0 fully saturated rings. The molecule has 0 saturated heterocycles. The van der Waals surface area contributed by atoms with Crippen LogP contribution >= 0.6 is 11.3 Å². The zero-order valence-electron chi connectivity index (χ0n) is 9.25. The first-order valence-electron chi connectivity index (χ1n) is 5.23. The largest absolute Gasteiger partial charge is 0.417 e. The van der Waals surface area contributed by atoms with Crippen molar-refractivity contribution in [3.8, 4) is 11.1 Å². The van der Waals surface area contributed by atoms with Gasteiger partial charge in [0, 0.05) is 28.1 Å². The van der Waals surface area contributed by atoms with Crippen molar-refractivity contribution in [3.63, 3.8) is 0 Å². The fourth-order valence-electron chi connectivity index (χ4n) is 1.93. The molecule has 0 saturated carbocycles. The van der Waals surface area contributed by atoms with E-state index in [0.29, 0.717) is 16.6 Å². The van der Waals surface area contributed by atoms with Gasteiger partial charge in [0.1, 0.15) is 11.5 Å². The Morgan fingerprint density at radius 2 is 1.95 bits per heavy atom. The second-order valence-electron chi connectivity index (χ2n) is 3.95. The van der Waals surface area contributed by atoms with Crippen LogP contribution in [0.4, 0.5) is 17.6 Å². The van der Waals surface area contributed by atoms with Crippen molar-refractivity contribution in [2.45, 2.75) is 6.18 Å². The van der Waals surface area contributed by atoms with E-state index in [1.165, 1.54) is 17.6 Å². The highest BCUT2D eigenvalue weighted by Gasteiger charge is 2.34. The van der Waals surface area contributed by atoms with Gasteiger partial charge in [0.15, 0.2) is 0 Å². The Kier molecular flexibility index (Phi) is 2.60. The van der Waals surface area contributed by atoms with E-state index in [9.17, 15) is 17.6 Å². The molecular formula is C12H6F4N2S. The first-order chi connectivity index (χ1) is 8.97. The summed E-state index contributed by atoms with van der Waals surface area (Å²) < 4.78 is 51.8. The predicted octanol–water partition coefficient (Wildman–Crippen LogP) is 4.45. The quantitative estimate of drug-likeness (QED) is 0.658. The minimum absolute atomic E-state index is 0.0381. The molecule has 3 aromatic rings. The monoisotopic (exact) mass is 286 g/mol. The molecule has 3 aromatic heterocycles. The van der Waals surface area contributed by atoms with Crippen molar-refractivity contribution < 1.29 is 17.6 Å². The summed E-state index contributed by atoms with van der Waals surface area (Å²) in [6.07, 6.45) is -2.00. The van der Waals surface area contributed by atoms with Crippen LogP contribution in [-0.2, 0) is 6.18 Å². The number of aromatic amines is 1. The lowest BCUT2D eigenvalue weighted by atomic mass is 10.0. The van der Waals surface area contributed by atoms with Crippen LogP contribution in [0.15, 0.2) is 29.2 Å². The highest BCUT2D eigenvalue weighted by molar-refractivity contribution is 7.08. The van der Waals surface area contributed by atoms with Crippen LogP contribution in [-0.4, -0.2) is 9.97 Å². The lowest BCUT2D eigenvalue weighted by Gasteiger charge is -2.07. The summed E-state index contributed by atoms with van der Waals surface area (Å²) in [5, 5.41) is 2.78. The normalized spacial score (nSPS) is 12.2. The maximum Gasteiger partial charge on any atom is 0.417 e. The number of rotatable bonds is 1. The predicted molar refractivity (Wildman–Crippen MR) is 64.4 cm³/mol. The number of nitrogens with one attached hydrogen (secondary N) is 1. The van der Waals surface area contributed by atoms with Crippen molar-refractivity contribution >= 4 is 22.4 Å².